The lowest BCUT2D eigenvalue weighted by Gasteiger charge is -2.14. The number of allylic oxidation sites excluding steroid dienone is 1. The van der Waals surface area contributed by atoms with Gasteiger partial charge in [-0.15, -0.1) is 16.8 Å². The molecular weight excluding hydrogens is 400 g/mol. The summed E-state index contributed by atoms with van der Waals surface area (Å²) >= 11 is 1.22. The number of carbonyl (C=O) groups is 2. The summed E-state index contributed by atoms with van der Waals surface area (Å²) in [6, 6.07) is 6.73. The molecule has 8 nitrogen and oxygen atoms in total. The van der Waals surface area contributed by atoms with Gasteiger partial charge in [-0.2, -0.15) is 0 Å². The number of hydrogen-bond donors (Lipinski definition) is 0. The van der Waals surface area contributed by atoms with E-state index in [0.717, 1.165) is 0 Å². The predicted octanol–water partition coefficient (Wildman–Crippen LogP) is 1.71. The first-order valence-corrected chi connectivity index (χ1v) is 11.5. The Hall–Kier alpha value is -2.46. The van der Waals surface area contributed by atoms with Crippen LogP contribution in [0.3, 0.4) is 0 Å². The van der Waals surface area contributed by atoms with Crippen molar-refractivity contribution in [3.8, 4) is 0 Å². The number of fused-ring (bicyclic) bond motifs is 1. The molecule has 1 aromatic carbocycles. The zero-order valence-electron chi connectivity index (χ0n) is 14.9. The van der Waals surface area contributed by atoms with Crippen molar-refractivity contribution in [2.24, 2.45) is 0 Å². The molecule has 1 aromatic heterocycles. The van der Waals surface area contributed by atoms with Crippen molar-refractivity contribution < 1.29 is 18.0 Å². The van der Waals surface area contributed by atoms with E-state index in [-0.39, 0.29) is 35.1 Å². The summed E-state index contributed by atoms with van der Waals surface area (Å²) < 4.78 is 25.4. The fourth-order valence-corrected chi connectivity index (χ4v) is 6.13. The van der Waals surface area contributed by atoms with Crippen molar-refractivity contribution in [3.05, 3.63) is 53.9 Å². The highest BCUT2D eigenvalue weighted by Crippen LogP contribution is 2.31. The normalized spacial score (nSPS) is 20.6. The van der Waals surface area contributed by atoms with Gasteiger partial charge in [-0.05, 0) is 18.6 Å². The minimum atomic E-state index is -3.05. The number of thioether (sulfide) groups is 1. The summed E-state index contributed by atoms with van der Waals surface area (Å²) in [4.78, 5) is 26.2. The van der Waals surface area contributed by atoms with Crippen molar-refractivity contribution in [3.63, 3.8) is 0 Å². The number of rotatable bonds is 6. The minimum absolute atomic E-state index is 0.0609. The average molecular weight is 419 g/mol. The first-order valence-electron chi connectivity index (χ1n) is 8.73. The number of imide groups is 1. The summed E-state index contributed by atoms with van der Waals surface area (Å²) in [6.07, 6.45) is 2.20. The molecule has 0 radical (unpaired) electrons. The highest BCUT2D eigenvalue weighted by molar-refractivity contribution is 7.99. The molecule has 28 heavy (non-hydrogen) atoms. The summed E-state index contributed by atoms with van der Waals surface area (Å²) in [6.45, 7) is 4.16. The largest absolute Gasteiger partial charge is 0.302 e. The van der Waals surface area contributed by atoms with Gasteiger partial charge in [0.2, 0.25) is 0 Å². The fraction of sp³-hybridized carbons (Fsp3) is 0.333. The molecule has 1 unspecified atom stereocenters. The van der Waals surface area contributed by atoms with Gasteiger partial charge in [0.1, 0.15) is 5.82 Å². The summed E-state index contributed by atoms with van der Waals surface area (Å²) in [5.41, 5.74) is 0.801. The van der Waals surface area contributed by atoms with Crippen molar-refractivity contribution in [1.29, 1.82) is 0 Å². The van der Waals surface area contributed by atoms with E-state index in [4.69, 9.17) is 0 Å². The third-order valence-electron chi connectivity index (χ3n) is 4.86. The molecule has 0 saturated carbocycles. The SMILES string of the molecule is C=CCn1c(SCN2C(=O)c3ccccc3C2=O)nnc1C1CCS(=O)(=O)C1. The van der Waals surface area contributed by atoms with Gasteiger partial charge in [-0.1, -0.05) is 30.0 Å². The highest BCUT2D eigenvalue weighted by Gasteiger charge is 2.36. The van der Waals surface area contributed by atoms with Crippen LogP contribution in [0, 0.1) is 0 Å². The van der Waals surface area contributed by atoms with Crippen LogP contribution in [0.1, 0.15) is 38.9 Å². The molecule has 1 atom stereocenters. The smallest absolute Gasteiger partial charge is 0.262 e. The first kappa shape index (κ1) is 18.9. The highest BCUT2D eigenvalue weighted by atomic mass is 32.2. The summed E-state index contributed by atoms with van der Waals surface area (Å²) in [5, 5.41) is 8.89. The van der Waals surface area contributed by atoms with Crippen LogP contribution in [0.15, 0.2) is 42.1 Å². The fourth-order valence-electron chi connectivity index (χ4n) is 3.49. The number of hydrogen-bond acceptors (Lipinski definition) is 7. The molecule has 146 valence electrons. The van der Waals surface area contributed by atoms with Crippen LogP contribution < -0.4 is 0 Å². The average Bonchev–Trinajstić information content (AvgIpc) is 3.30. The molecule has 2 aromatic rings. The monoisotopic (exact) mass is 418 g/mol. The van der Waals surface area contributed by atoms with Crippen LogP contribution in [-0.2, 0) is 16.4 Å². The Balaban J connectivity index is 1.54. The van der Waals surface area contributed by atoms with Crippen LogP contribution in [0.2, 0.25) is 0 Å². The van der Waals surface area contributed by atoms with Gasteiger partial charge in [0.15, 0.2) is 15.0 Å². The third kappa shape index (κ3) is 3.26. The van der Waals surface area contributed by atoms with Crippen LogP contribution in [0.5, 0.6) is 0 Å². The number of sulfone groups is 1. The standard InChI is InChI=1S/C18H18N4O4S2/c1-2-8-21-15(12-7-9-28(25,26)10-12)19-20-18(21)27-11-22-16(23)13-5-3-4-6-14(13)17(22)24/h2-6,12H,1,7-11H2. The van der Waals surface area contributed by atoms with E-state index in [1.165, 1.54) is 16.7 Å². The second-order valence-corrected chi connectivity index (χ2v) is 9.84. The molecule has 0 N–H and O–H groups in total. The maximum atomic E-state index is 12.5. The molecule has 0 spiro atoms. The third-order valence-corrected chi connectivity index (χ3v) is 7.57. The number of nitrogens with zero attached hydrogens (tertiary/aromatic N) is 4. The molecule has 2 amide bonds. The topological polar surface area (TPSA) is 102 Å². The summed E-state index contributed by atoms with van der Waals surface area (Å²) in [5.74, 6) is 0.0541. The van der Waals surface area contributed by atoms with Crippen molar-refractivity contribution in [1.82, 2.24) is 19.7 Å². The van der Waals surface area contributed by atoms with Gasteiger partial charge in [0, 0.05) is 12.5 Å². The minimum Gasteiger partial charge on any atom is -0.302 e. The molecule has 1 saturated heterocycles. The van der Waals surface area contributed by atoms with E-state index in [1.54, 1.807) is 34.9 Å². The molecule has 10 heteroatoms. The van der Waals surface area contributed by atoms with Crippen LogP contribution in [0.4, 0.5) is 0 Å². The zero-order chi connectivity index (χ0) is 19.9. The predicted molar refractivity (Wildman–Crippen MR) is 104 cm³/mol. The second-order valence-electron chi connectivity index (χ2n) is 6.70. The van der Waals surface area contributed by atoms with E-state index in [2.05, 4.69) is 16.8 Å². The van der Waals surface area contributed by atoms with Crippen LogP contribution >= 0.6 is 11.8 Å². The molecule has 0 aliphatic carbocycles. The zero-order valence-corrected chi connectivity index (χ0v) is 16.6. The Morgan fingerprint density at radius 3 is 2.43 bits per heavy atom. The van der Waals surface area contributed by atoms with Crippen LogP contribution in [-0.4, -0.2) is 57.3 Å². The molecule has 3 heterocycles. The Kier molecular flexibility index (Phi) is 4.84. The van der Waals surface area contributed by atoms with Crippen molar-refractivity contribution >= 4 is 33.4 Å². The Labute approximate surface area is 166 Å². The van der Waals surface area contributed by atoms with Crippen molar-refractivity contribution in [2.75, 3.05) is 17.4 Å². The van der Waals surface area contributed by atoms with Gasteiger partial charge in [0.05, 0.1) is 28.5 Å². The van der Waals surface area contributed by atoms with Gasteiger partial charge in [0.25, 0.3) is 11.8 Å². The van der Waals surface area contributed by atoms with E-state index >= 15 is 0 Å². The first-order chi connectivity index (χ1) is 13.4. The lowest BCUT2D eigenvalue weighted by molar-refractivity contribution is 0.0684. The number of benzene rings is 1. The molecule has 2 aliphatic heterocycles. The van der Waals surface area contributed by atoms with Gasteiger partial charge >= 0.3 is 0 Å². The lowest BCUT2D eigenvalue weighted by Crippen LogP contribution is -2.29. The van der Waals surface area contributed by atoms with E-state index in [1.807, 2.05) is 0 Å². The van der Waals surface area contributed by atoms with Gasteiger partial charge < -0.3 is 4.57 Å². The summed E-state index contributed by atoms with van der Waals surface area (Å²) in [7, 11) is -3.05. The number of carbonyl (C=O) groups excluding carboxylic acids is 2. The van der Waals surface area contributed by atoms with Gasteiger partial charge in [-0.25, -0.2) is 8.42 Å². The van der Waals surface area contributed by atoms with E-state index in [0.29, 0.717) is 35.1 Å². The number of aromatic nitrogens is 3. The van der Waals surface area contributed by atoms with E-state index < -0.39 is 9.84 Å². The molecular formula is C18H18N4O4S2. The Morgan fingerprint density at radius 1 is 1.18 bits per heavy atom. The second kappa shape index (κ2) is 7.17. The number of amides is 2. The van der Waals surface area contributed by atoms with Crippen molar-refractivity contribution in [2.45, 2.75) is 24.0 Å². The molecule has 4 rings (SSSR count). The Bertz CT molecular complexity index is 1040. The molecule has 0 bridgehead atoms. The van der Waals surface area contributed by atoms with Gasteiger partial charge in [-0.3, -0.25) is 14.5 Å². The van der Waals surface area contributed by atoms with E-state index in [9.17, 15) is 18.0 Å². The molecule has 2 aliphatic rings. The maximum absolute atomic E-state index is 12.5. The molecule has 1 fully saturated rings. The quantitative estimate of drug-likeness (QED) is 0.400. The maximum Gasteiger partial charge on any atom is 0.262 e. The van der Waals surface area contributed by atoms with Crippen LogP contribution in [0.25, 0.3) is 0 Å². The lowest BCUT2D eigenvalue weighted by atomic mass is 10.1. The Morgan fingerprint density at radius 2 is 1.86 bits per heavy atom.